The molecular weight excluding hydrogens is 326 g/mol. The molecule has 0 aliphatic carbocycles. The zero-order valence-electron chi connectivity index (χ0n) is 16.0. The van der Waals surface area contributed by atoms with Crippen LogP contribution in [0.5, 0.6) is 0 Å². The van der Waals surface area contributed by atoms with Gasteiger partial charge < -0.3 is 10.8 Å². The summed E-state index contributed by atoms with van der Waals surface area (Å²) >= 11 is 0. The average molecular weight is 355 g/mol. The first kappa shape index (κ1) is 21.4. The van der Waals surface area contributed by atoms with Crippen LogP contribution in [0.2, 0.25) is 0 Å². The topological polar surface area (TPSA) is 80.4 Å². The number of benzene rings is 2. The van der Waals surface area contributed by atoms with E-state index in [1.165, 1.54) is 11.1 Å². The highest BCUT2D eigenvalue weighted by Gasteiger charge is 2.11. The number of carboxylic acids is 1. The number of carbonyl (C=O) groups is 2. The Morgan fingerprint density at radius 1 is 0.808 bits per heavy atom. The fourth-order valence-corrected chi connectivity index (χ4v) is 2.34. The largest absolute Gasteiger partial charge is 0.481 e. The molecule has 2 atom stereocenters. The van der Waals surface area contributed by atoms with Crippen molar-refractivity contribution in [2.75, 3.05) is 0 Å². The second-order valence-corrected chi connectivity index (χ2v) is 6.92. The minimum absolute atomic E-state index is 0.0808. The van der Waals surface area contributed by atoms with E-state index in [0.29, 0.717) is 6.42 Å². The van der Waals surface area contributed by atoms with Crippen molar-refractivity contribution in [3.05, 3.63) is 70.8 Å². The van der Waals surface area contributed by atoms with Gasteiger partial charge in [-0.15, -0.1) is 0 Å². The van der Waals surface area contributed by atoms with Crippen LogP contribution >= 0.6 is 0 Å². The molecule has 2 aromatic rings. The standard InChI is InChI=1S/C11H15NO.C11H14O2/c2*1-8-3-5-10(6-4-8)7-9(2)11(12)13/h3-6,9H,7H2,1-2H3,(H2,12,13);3-6,9H,7H2,1-2H3,(H,12,13)/t2*9-/m00/s1. The number of nitrogens with two attached hydrogens (primary N) is 1. The molecule has 0 aromatic heterocycles. The van der Waals surface area contributed by atoms with Crippen molar-refractivity contribution >= 4 is 11.9 Å². The summed E-state index contributed by atoms with van der Waals surface area (Å²) in [6, 6.07) is 16.1. The predicted molar refractivity (Wildman–Crippen MR) is 105 cm³/mol. The van der Waals surface area contributed by atoms with Crippen molar-refractivity contribution in [3.8, 4) is 0 Å². The number of carbonyl (C=O) groups excluding carboxylic acids is 1. The normalized spacial score (nSPS) is 12.5. The minimum atomic E-state index is -0.736. The Bertz CT molecular complexity index is 642. The van der Waals surface area contributed by atoms with Crippen LogP contribution in [0.1, 0.15) is 36.1 Å². The Hall–Kier alpha value is -2.62. The number of amides is 1. The van der Waals surface area contributed by atoms with Crippen molar-refractivity contribution < 1.29 is 14.7 Å². The number of aryl methyl sites for hydroxylation is 2. The summed E-state index contributed by atoms with van der Waals surface area (Å²) in [7, 11) is 0. The number of primary amides is 1. The molecule has 0 saturated heterocycles. The summed E-state index contributed by atoms with van der Waals surface area (Å²) < 4.78 is 0. The molecule has 2 rings (SSSR count). The van der Waals surface area contributed by atoms with Crippen LogP contribution in [0.15, 0.2) is 48.5 Å². The molecule has 0 aliphatic heterocycles. The second kappa shape index (κ2) is 10.4. The number of carboxylic acid groups (broad SMARTS) is 1. The highest BCUT2D eigenvalue weighted by molar-refractivity contribution is 5.76. The lowest BCUT2D eigenvalue weighted by molar-refractivity contribution is -0.141. The Labute approximate surface area is 156 Å². The van der Waals surface area contributed by atoms with Crippen LogP contribution < -0.4 is 5.73 Å². The van der Waals surface area contributed by atoms with Crippen molar-refractivity contribution in [3.63, 3.8) is 0 Å². The molecule has 0 unspecified atom stereocenters. The van der Waals surface area contributed by atoms with Crippen LogP contribution in [-0.4, -0.2) is 17.0 Å². The molecule has 26 heavy (non-hydrogen) atoms. The Morgan fingerprint density at radius 2 is 1.15 bits per heavy atom. The Morgan fingerprint density at radius 3 is 1.46 bits per heavy atom. The molecule has 0 bridgehead atoms. The molecule has 0 fully saturated rings. The predicted octanol–water partition coefficient (Wildman–Crippen LogP) is 3.92. The van der Waals surface area contributed by atoms with E-state index < -0.39 is 5.97 Å². The van der Waals surface area contributed by atoms with Gasteiger partial charge in [0.15, 0.2) is 0 Å². The summed E-state index contributed by atoms with van der Waals surface area (Å²) in [5.74, 6) is -1.36. The van der Waals surface area contributed by atoms with Gasteiger partial charge in [0.1, 0.15) is 0 Å². The van der Waals surface area contributed by atoms with Gasteiger partial charge in [0, 0.05) is 5.92 Å². The van der Waals surface area contributed by atoms with E-state index in [1.807, 2.05) is 69.3 Å². The number of rotatable bonds is 6. The molecular formula is C22H29NO3. The van der Waals surface area contributed by atoms with E-state index in [2.05, 4.69) is 0 Å². The molecule has 0 spiro atoms. The van der Waals surface area contributed by atoms with Crippen LogP contribution in [0.4, 0.5) is 0 Å². The third-order valence-corrected chi connectivity index (χ3v) is 4.23. The Balaban J connectivity index is 0.000000260. The first-order chi connectivity index (χ1) is 12.2. The number of aliphatic carboxylic acids is 1. The van der Waals surface area contributed by atoms with E-state index >= 15 is 0 Å². The highest BCUT2D eigenvalue weighted by Crippen LogP contribution is 2.10. The maximum absolute atomic E-state index is 10.8. The smallest absolute Gasteiger partial charge is 0.306 e. The zero-order chi connectivity index (χ0) is 19.7. The molecule has 0 saturated carbocycles. The van der Waals surface area contributed by atoms with Gasteiger partial charge in [0.05, 0.1) is 5.92 Å². The number of hydrogen-bond donors (Lipinski definition) is 2. The lowest BCUT2D eigenvalue weighted by Gasteiger charge is -2.06. The van der Waals surface area contributed by atoms with Gasteiger partial charge in [-0.2, -0.15) is 0 Å². The molecule has 4 heteroatoms. The van der Waals surface area contributed by atoms with Crippen molar-refractivity contribution in [2.45, 2.75) is 40.5 Å². The van der Waals surface area contributed by atoms with Crippen LogP contribution in [0, 0.1) is 25.7 Å². The molecule has 1 amide bonds. The maximum Gasteiger partial charge on any atom is 0.306 e. The summed E-state index contributed by atoms with van der Waals surface area (Å²) in [4.78, 5) is 21.4. The third-order valence-electron chi connectivity index (χ3n) is 4.23. The second-order valence-electron chi connectivity index (χ2n) is 6.92. The highest BCUT2D eigenvalue weighted by atomic mass is 16.4. The van der Waals surface area contributed by atoms with E-state index in [-0.39, 0.29) is 17.7 Å². The molecule has 2 aromatic carbocycles. The van der Waals surface area contributed by atoms with E-state index in [4.69, 9.17) is 10.8 Å². The maximum atomic E-state index is 10.8. The average Bonchev–Trinajstić information content (AvgIpc) is 2.59. The third kappa shape index (κ3) is 7.97. The summed E-state index contributed by atoms with van der Waals surface area (Å²) in [6.07, 6.45) is 1.34. The summed E-state index contributed by atoms with van der Waals surface area (Å²) in [5, 5.41) is 8.70. The van der Waals surface area contributed by atoms with Crippen molar-refractivity contribution in [1.29, 1.82) is 0 Å². The van der Waals surface area contributed by atoms with Crippen molar-refractivity contribution in [2.24, 2.45) is 17.6 Å². The molecule has 140 valence electrons. The number of hydrogen-bond acceptors (Lipinski definition) is 2. The van der Waals surface area contributed by atoms with Gasteiger partial charge in [-0.05, 0) is 37.8 Å². The lowest BCUT2D eigenvalue weighted by atomic mass is 10.00. The van der Waals surface area contributed by atoms with Gasteiger partial charge in [0.25, 0.3) is 0 Å². The fourth-order valence-electron chi connectivity index (χ4n) is 2.34. The van der Waals surface area contributed by atoms with Gasteiger partial charge in [-0.1, -0.05) is 73.5 Å². The zero-order valence-corrected chi connectivity index (χ0v) is 16.0. The van der Waals surface area contributed by atoms with Gasteiger partial charge in [-0.25, -0.2) is 0 Å². The fraction of sp³-hybridized carbons (Fsp3) is 0.364. The summed E-state index contributed by atoms with van der Waals surface area (Å²) in [5.41, 5.74) is 9.85. The van der Waals surface area contributed by atoms with Gasteiger partial charge >= 0.3 is 5.97 Å². The van der Waals surface area contributed by atoms with Gasteiger partial charge in [0.2, 0.25) is 5.91 Å². The van der Waals surface area contributed by atoms with Crippen LogP contribution in [0.25, 0.3) is 0 Å². The van der Waals surface area contributed by atoms with E-state index in [9.17, 15) is 9.59 Å². The molecule has 3 N–H and O–H groups in total. The molecule has 0 aliphatic rings. The van der Waals surface area contributed by atoms with Gasteiger partial charge in [-0.3, -0.25) is 9.59 Å². The molecule has 4 nitrogen and oxygen atoms in total. The van der Waals surface area contributed by atoms with E-state index in [0.717, 1.165) is 17.5 Å². The lowest BCUT2D eigenvalue weighted by Crippen LogP contribution is -2.22. The Kier molecular flexibility index (Phi) is 8.56. The first-order valence-corrected chi connectivity index (χ1v) is 8.82. The monoisotopic (exact) mass is 355 g/mol. The SMILES string of the molecule is Cc1ccc(C[C@H](C)C(=O)O)cc1.Cc1ccc(C[C@H](C)C(N)=O)cc1. The molecule has 0 heterocycles. The van der Waals surface area contributed by atoms with Crippen molar-refractivity contribution in [1.82, 2.24) is 0 Å². The summed E-state index contributed by atoms with van der Waals surface area (Å²) in [6.45, 7) is 7.63. The quantitative estimate of drug-likeness (QED) is 0.824. The van der Waals surface area contributed by atoms with Crippen LogP contribution in [-0.2, 0) is 22.4 Å². The minimum Gasteiger partial charge on any atom is -0.481 e. The first-order valence-electron chi connectivity index (χ1n) is 8.82. The van der Waals surface area contributed by atoms with Crippen LogP contribution in [0.3, 0.4) is 0 Å². The van der Waals surface area contributed by atoms with E-state index in [1.54, 1.807) is 6.92 Å². The molecule has 0 radical (unpaired) electrons.